The van der Waals surface area contributed by atoms with Crippen molar-refractivity contribution in [2.75, 3.05) is 0 Å². The number of rotatable bonds is 4. The number of phenols is 1. The lowest BCUT2D eigenvalue weighted by molar-refractivity contribution is 0.476. The monoisotopic (exact) mass is 376 g/mol. The first kappa shape index (κ1) is 17.3. The molecule has 0 saturated carbocycles. The zero-order valence-electron chi connectivity index (χ0n) is 14.5. The molecule has 134 valence electrons. The zero-order valence-corrected chi connectivity index (χ0v) is 15.2. The molecule has 0 unspecified atom stereocenters. The van der Waals surface area contributed by atoms with E-state index in [-0.39, 0.29) is 11.3 Å². The van der Waals surface area contributed by atoms with Gasteiger partial charge in [0, 0.05) is 11.6 Å². The van der Waals surface area contributed by atoms with Crippen molar-refractivity contribution in [3.63, 3.8) is 0 Å². The molecule has 1 heterocycles. The van der Waals surface area contributed by atoms with E-state index in [1.54, 1.807) is 34.9 Å². The van der Waals surface area contributed by atoms with Crippen molar-refractivity contribution < 1.29 is 5.11 Å². The summed E-state index contributed by atoms with van der Waals surface area (Å²) < 4.78 is 1.61. The zero-order chi connectivity index (χ0) is 18.8. The molecular formula is C22H17ClN2O2. The molecule has 5 heteroatoms. The second-order valence-electron chi connectivity index (χ2n) is 6.27. The number of nitrogens with zero attached hydrogens (tertiary/aromatic N) is 2. The van der Waals surface area contributed by atoms with Gasteiger partial charge in [-0.2, -0.15) is 0 Å². The van der Waals surface area contributed by atoms with E-state index in [9.17, 15) is 9.90 Å². The van der Waals surface area contributed by atoms with Crippen LogP contribution in [0.5, 0.6) is 5.75 Å². The maximum atomic E-state index is 13.1. The summed E-state index contributed by atoms with van der Waals surface area (Å²) in [6.45, 7) is 0.407. The van der Waals surface area contributed by atoms with Crippen molar-refractivity contribution in [1.82, 2.24) is 9.55 Å². The lowest BCUT2D eigenvalue weighted by Gasteiger charge is -2.15. The molecule has 4 nitrogen and oxygen atoms in total. The molecule has 0 bridgehead atoms. The minimum atomic E-state index is -0.133. The fourth-order valence-electron chi connectivity index (χ4n) is 3.18. The molecule has 4 rings (SSSR count). The van der Waals surface area contributed by atoms with Crippen LogP contribution in [-0.4, -0.2) is 14.7 Å². The third kappa shape index (κ3) is 3.32. The van der Waals surface area contributed by atoms with Crippen LogP contribution in [0.2, 0.25) is 5.02 Å². The maximum absolute atomic E-state index is 13.1. The summed E-state index contributed by atoms with van der Waals surface area (Å²) in [5.41, 5.74) is 1.96. The van der Waals surface area contributed by atoms with E-state index in [1.165, 1.54) is 0 Å². The Bertz CT molecular complexity index is 1180. The van der Waals surface area contributed by atoms with Crippen LogP contribution >= 0.6 is 11.6 Å². The molecule has 1 N–H and O–H groups in total. The number of phenolic OH excluding ortho intramolecular Hbond substituents is 1. The Balaban J connectivity index is 1.88. The first-order valence-corrected chi connectivity index (χ1v) is 9.04. The van der Waals surface area contributed by atoms with Gasteiger partial charge in [0.15, 0.2) is 0 Å². The molecule has 0 aliphatic heterocycles. The van der Waals surface area contributed by atoms with Gasteiger partial charge >= 0.3 is 0 Å². The molecule has 0 saturated heterocycles. The van der Waals surface area contributed by atoms with Crippen LogP contribution in [0.1, 0.15) is 5.56 Å². The molecule has 0 aliphatic rings. The van der Waals surface area contributed by atoms with E-state index in [4.69, 9.17) is 11.6 Å². The Morgan fingerprint density at radius 1 is 0.926 bits per heavy atom. The molecule has 27 heavy (non-hydrogen) atoms. The summed E-state index contributed by atoms with van der Waals surface area (Å²) >= 11 is 6.26. The summed E-state index contributed by atoms with van der Waals surface area (Å²) in [6, 6.07) is 21.7. The molecule has 4 aromatic rings. The third-order valence-corrected chi connectivity index (χ3v) is 4.94. The van der Waals surface area contributed by atoms with Gasteiger partial charge in [-0.05, 0) is 42.3 Å². The number of aromatic nitrogens is 2. The minimum absolute atomic E-state index is 0.0891. The Hall–Kier alpha value is -3.11. The number of para-hydroxylation sites is 2. The number of aryl methyl sites for hydroxylation is 1. The average Bonchev–Trinajstić information content (AvgIpc) is 2.69. The van der Waals surface area contributed by atoms with Gasteiger partial charge in [0.2, 0.25) is 0 Å². The van der Waals surface area contributed by atoms with Gasteiger partial charge in [0.25, 0.3) is 5.56 Å². The maximum Gasteiger partial charge on any atom is 0.261 e. The molecule has 3 aromatic carbocycles. The predicted molar refractivity (Wildman–Crippen MR) is 108 cm³/mol. The minimum Gasteiger partial charge on any atom is -0.507 e. The smallest absolute Gasteiger partial charge is 0.261 e. The quantitative estimate of drug-likeness (QED) is 0.563. The topological polar surface area (TPSA) is 55.1 Å². The summed E-state index contributed by atoms with van der Waals surface area (Å²) in [5.74, 6) is 0.537. The highest BCUT2D eigenvalue weighted by Gasteiger charge is 2.15. The number of halogens is 1. The number of aromatic hydroxyl groups is 1. The fourth-order valence-corrected chi connectivity index (χ4v) is 3.41. The first-order valence-electron chi connectivity index (χ1n) is 8.66. The van der Waals surface area contributed by atoms with Crippen molar-refractivity contribution in [2.24, 2.45) is 0 Å². The van der Waals surface area contributed by atoms with E-state index < -0.39 is 0 Å². The van der Waals surface area contributed by atoms with Crippen LogP contribution in [0, 0.1) is 0 Å². The van der Waals surface area contributed by atoms with Crippen LogP contribution in [0.25, 0.3) is 22.3 Å². The van der Waals surface area contributed by atoms with Gasteiger partial charge < -0.3 is 5.11 Å². The summed E-state index contributed by atoms with van der Waals surface area (Å²) in [7, 11) is 0. The average molecular weight is 377 g/mol. The number of hydrogen-bond acceptors (Lipinski definition) is 3. The lowest BCUT2D eigenvalue weighted by atomic mass is 10.1. The summed E-state index contributed by atoms with van der Waals surface area (Å²) in [6.07, 6.45) is 0.584. The van der Waals surface area contributed by atoms with Crippen LogP contribution in [0.15, 0.2) is 77.6 Å². The van der Waals surface area contributed by atoms with Crippen molar-refractivity contribution in [2.45, 2.75) is 13.0 Å². The Morgan fingerprint density at radius 2 is 1.63 bits per heavy atom. The molecule has 1 aromatic heterocycles. The molecule has 0 atom stereocenters. The molecule has 0 radical (unpaired) electrons. The standard InChI is InChI=1S/C22H17ClN2O2/c23-18-10-4-1-7-15(18)13-14-25-21(17-9-3-6-12-20(17)26)24-19-11-5-2-8-16(19)22(25)27/h1-12,26H,13-14H2. The molecule has 0 aliphatic carbocycles. The Kier molecular flexibility index (Phi) is 4.65. The van der Waals surface area contributed by atoms with E-state index in [0.717, 1.165) is 5.56 Å². The van der Waals surface area contributed by atoms with Crippen LogP contribution in [-0.2, 0) is 13.0 Å². The SMILES string of the molecule is O=c1c2ccccc2nc(-c2ccccc2O)n1CCc1ccccc1Cl. The molecule has 0 spiro atoms. The number of fused-ring (bicyclic) bond motifs is 1. The number of hydrogen-bond donors (Lipinski definition) is 1. The molecule has 0 amide bonds. The Morgan fingerprint density at radius 3 is 2.44 bits per heavy atom. The van der Waals surface area contributed by atoms with E-state index in [1.807, 2.05) is 42.5 Å². The van der Waals surface area contributed by atoms with Crippen LogP contribution in [0.4, 0.5) is 0 Å². The summed E-state index contributed by atoms with van der Waals surface area (Å²) in [5, 5.41) is 11.5. The first-order chi connectivity index (χ1) is 13.1. The molecular weight excluding hydrogens is 360 g/mol. The van der Waals surface area contributed by atoms with E-state index in [2.05, 4.69) is 4.98 Å². The van der Waals surface area contributed by atoms with Crippen molar-refractivity contribution in [1.29, 1.82) is 0 Å². The van der Waals surface area contributed by atoms with Crippen LogP contribution in [0.3, 0.4) is 0 Å². The summed E-state index contributed by atoms with van der Waals surface area (Å²) in [4.78, 5) is 17.8. The number of benzene rings is 3. The van der Waals surface area contributed by atoms with Gasteiger partial charge in [-0.3, -0.25) is 9.36 Å². The van der Waals surface area contributed by atoms with Gasteiger partial charge in [0.1, 0.15) is 11.6 Å². The third-order valence-electron chi connectivity index (χ3n) is 4.57. The predicted octanol–water partition coefficient (Wildman–Crippen LogP) is 4.67. The Labute approximate surface area is 161 Å². The fraction of sp³-hybridized carbons (Fsp3) is 0.0909. The van der Waals surface area contributed by atoms with Crippen molar-refractivity contribution in [3.05, 3.63) is 93.7 Å². The van der Waals surface area contributed by atoms with Crippen molar-refractivity contribution >= 4 is 22.5 Å². The second-order valence-corrected chi connectivity index (χ2v) is 6.68. The van der Waals surface area contributed by atoms with Crippen molar-refractivity contribution in [3.8, 4) is 17.1 Å². The van der Waals surface area contributed by atoms with Gasteiger partial charge in [0.05, 0.1) is 16.5 Å². The van der Waals surface area contributed by atoms with E-state index in [0.29, 0.717) is 40.3 Å². The lowest BCUT2D eigenvalue weighted by Crippen LogP contribution is -2.24. The highest BCUT2D eigenvalue weighted by Crippen LogP contribution is 2.28. The highest BCUT2D eigenvalue weighted by atomic mass is 35.5. The van der Waals surface area contributed by atoms with E-state index >= 15 is 0 Å². The van der Waals surface area contributed by atoms with Gasteiger partial charge in [-0.1, -0.05) is 54.1 Å². The van der Waals surface area contributed by atoms with Gasteiger partial charge in [-0.15, -0.1) is 0 Å². The second kappa shape index (κ2) is 7.25. The largest absolute Gasteiger partial charge is 0.507 e. The molecule has 0 fully saturated rings. The van der Waals surface area contributed by atoms with Crippen LogP contribution < -0.4 is 5.56 Å². The van der Waals surface area contributed by atoms with Gasteiger partial charge in [-0.25, -0.2) is 4.98 Å². The highest BCUT2D eigenvalue weighted by molar-refractivity contribution is 6.31. The normalized spacial score (nSPS) is 11.0.